The Morgan fingerprint density at radius 3 is 2.28 bits per heavy atom. The summed E-state index contributed by atoms with van der Waals surface area (Å²) in [5.41, 5.74) is -1.88. The largest absolute Gasteiger partial charge is 0.466 e. The van der Waals surface area contributed by atoms with Crippen LogP contribution < -0.4 is 5.32 Å². The molecule has 1 fully saturated rings. The minimum Gasteiger partial charge on any atom is -0.466 e. The van der Waals surface area contributed by atoms with Gasteiger partial charge in [-0.3, -0.25) is 0 Å². The molecule has 0 aromatic heterocycles. The predicted octanol–water partition coefficient (Wildman–Crippen LogP) is 1.46. The van der Waals surface area contributed by atoms with Crippen LogP contribution in [0.4, 0.5) is 0 Å². The van der Waals surface area contributed by atoms with E-state index in [1.807, 2.05) is 0 Å². The molecule has 0 bridgehead atoms. The molecular weight excluding hydrogens is 326 g/mol. The molecule has 0 aliphatic carbocycles. The number of esters is 3. The van der Waals surface area contributed by atoms with Crippen LogP contribution in [0.15, 0.2) is 30.3 Å². The average Bonchev–Trinajstić information content (AvgIpc) is 3.18. The zero-order valence-corrected chi connectivity index (χ0v) is 14.4. The number of carbonyl (C=O) groups is 3. The lowest BCUT2D eigenvalue weighted by Crippen LogP contribution is -2.52. The molecule has 7 nitrogen and oxygen atoms in total. The number of hydrogen-bond donors (Lipinski definition) is 1. The summed E-state index contributed by atoms with van der Waals surface area (Å²) >= 11 is 0. The molecule has 1 atom stereocenters. The quantitative estimate of drug-likeness (QED) is 0.453. The van der Waals surface area contributed by atoms with Gasteiger partial charge < -0.3 is 19.5 Å². The number of benzene rings is 1. The lowest BCUT2D eigenvalue weighted by Gasteiger charge is -2.29. The number of carbonyl (C=O) groups excluding carboxylic acids is 3. The van der Waals surface area contributed by atoms with Crippen LogP contribution in [0.1, 0.15) is 36.0 Å². The molecule has 0 saturated carbocycles. The van der Waals surface area contributed by atoms with E-state index in [0.29, 0.717) is 6.42 Å². The van der Waals surface area contributed by atoms with E-state index in [2.05, 4.69) is 5.32 Å². The van der Waals surface area contributed by atoms with Gasteiger partial charge in [0.25, 0.3) is 0 Å². The maximum atomic E-state index is 12.4. The number of nitrogens with one attached hydrogen (secondary N) is 1. The van der Waals surface area contributed by atoms with Crippen LogP contribution in [-0.2, 0) is 23.8 Å². The van der Waals surface area contributed by atoms with Crippen LogP contribution >= 0.6 is 0 Å². The van der Waals surface area contributed by atoms with Gasteiger partial charge in [-0.25, -0.2) is 14.4 Å². The Morgan fingerprint density at radius 1 is 1.12 bits per heavy atom. The van der Waals surface area contributed by atoms with Crippen molar-refractivity contribution in [3.05, 3.63) is 35.9 Å². The molecule has 0 radical (unpaired) electrons. The van der Waals surface area contributed by atoms with Crippen LogP contribution in [-0.4, -0.2) is 50.3 Å². The summed E-state index contributed by atoms with van der Waals surface area (Å²) in [6, 6.07) is 8.31. The van der Waals surface area contributed by atoms with E-state index in [-0.39, 0.29) is 18.0 Å². The molecule has 2 rings (SSSR count). The molecule has 1 saturated heterocycles. The zero-order valence-electron chi connectivity index (χ0n) is 14.4. The third kappa shape index (κ3) is 4.36. The summed E-state index contributed by atoms with van der Waals surface area (Å²) < 4.78 is 14.9. The van der Waals surface area contributed by atoms with Crippen LogP contribution in [0.3, 0.4) is 0 Å². The Bertz CT molecular complexity index is 593. The minimum atomic E-state index is -2.11. The Labute approximate surface area is 146 Å². The molecule has 0 unspecified atom stereocenters. The van der Waals surface area contributed by atoms with Gasteiger partial charge in [0.05, 0.1) is 19.8 Å². The molecule has 7 heteroatoms. The minimum absolute atomic E-state index is 0.0113. The third-order valence-corrected chi connectivity index (χ3v) is 4.31. The van der Waals surface area contributed by atoms with Gasteiger partial charge in [-0.2, -0.15) is 0 Å². The fraction of sp³-hybridized carbons (Fsp3) is 0.500. The summed E-state index contributed by atoms with van der Waals surface area (Å²) in [5.74, 6) is -2.67. The van der Waals surface area contributed by atoms with Crippen molar-refractivity contribution >= 4 is 17.9 Å². The molecular formula is C18H23NO6. The van der Waals surface area contributed by atoms with Gasteiger partial charge >= 0.3 is 23.5 Å². The van der Waals surface area contributed by atoms with Crippen molar-refractivity contribution in [2.24, 2.45) is 0 Å². The van der Waals surface area contributed by atoms with Gasteiger partial charge in [0.15, 0.2) is 0 Å². The van der Waals surface area contributed by atoms with Gasteiger partial charge in [-0.15, -0.1) is 0 Å². The Kier molecular flexibility index (Phi) is 6.52. The van der Waals surface area contributed by atoms with Crippen LogP contribution in [0.25, 0.3) is 0 Å². The Morgan fingerprint density at radius 2 is 1.76 bits per heavy atom. The standard InChI is InChI=1S/C18H23NO6/c1-23-16(21)18(17(22)24-2,11-10-14-9-6-12-19-14)25-15(20)13-7-4-3-5-8-13/h3-5,7-8,14,19H,6,9-12H2,1-2H3/t14-/m0/s1. The van der Waals surface area contributed by atoms with Crippen molar-refractivity contribution in [3.8, 4) is 0 Å². The topological polar surface area (TPSA) is 90.9 Å². The lowest BCUT2D eigenvalue weighted by atomic mass is 9.93. The third-order valence-electron chi connectivity index (χ3n) is 4.31. The highest BCUT2D eigenvalue weighted by molar-refractivity contribution is 6.06. The number of methoxy groups -OCH3 is 2. The highest BCUT2D eigenvalue weighted by Crippen LogP contribution is 2.27. The molecule has 0 spiro atoms. The van der Waals surface area contributed by atoms with Crippen molar-refractivity contribution in [2.75, 3.05) is 20.8 Å². The van der Waals surface area contributed by atoms with Crippen molar-refractivity contribution in [1.29, 1.82) is 0 Å². The van der Waals surface area contributed by atoms with Crippen molar-refractivity contribution in [1.82, 2.24) is 5.32 Å². The van der Waals surface area contributed by atoms with E-state index in [1.165, 1.54) is 0 Å². The molecule has 1 N–H and O–H groups in total. The Hall–Kier alpha value is -2.41. The van der Waals surface area contributed by atoms with Crippen LogP contribution in [0.5, 0.6) is 0 Å². The average molecular weight is 349 g/mol. The smallest absolute Gasteiger partial charge is 0.362 e. The fourth-order valence-electron chi connectivity index (χ4n) is 2.92. The van der Waals surface area contributed by atoms with Gasteiger partial charge in [-0.1, -0.05) is 18.2 Å². The second kappa shape index (κ2) is 8.62. The van der Waals surface area contributed by atoms with Gasteiger partial charge in [0.1, 0.15) is 0 Å². The first-order chi connectivity index (χ1) is 12.0. The molecule has 1 aromatic carbocycles. The molecule has 25 heavy (non-hydrogen) atoms. The molecule has 1 aromatic rings. The predicted molar refractivity (Wildman–Crippen MR) is 88.9 cm³/mol. The second-order valence-corrected chi connectivity index (χ2v) is 5.90. The summed E-state index contributed by atoms with van der Waals surface area (Å²) in [7, 11) is 2.29. The highest BCUT2D eigenvalue weighted by atomic mass is 16.6. The van der Waals surface area contributed by atoms with Crippen LogP contribution in [0, 0.1) is 0 Å². The lowest BCUT2D eigenvalue weighted by molar-refractivity contribution is -0.182. The fourth-order valence-corrected chi connectivity index (χ4v) is 2.92. The van der Waals surface area contributed by atoms with Crippen molar-refractivity contribution in [2.45, 2.75) is 37.3 Å². The summed E-state index contributed by atoms with van der Waals surface area (Å²) in [6.07, 6.45) is 2.43. The number of rotatable bonds is 7. The molecule has 0 amide bonds. The molecule has 1 heterocycles. The second-order valence-electron chi connectivity index (χ2n) is 5.90. The summed E-state index contributed by atoms with van der Waals surface area (Å²) in [5, 5.41) is 3.28. The van der Waals surface area contributed by atoms with E-state index < -0.39 is 23.5 Å². The summed E-state index contributed by atoms with van der Waals surface area (Å²) in [4.78, 5) is 37.2. The van der Waals surface area contributed by atoms with Crippen LogP contribution in [0.2, 0.25) is 0 Å². The highest BCUT2D eigenvalue weighted by Gasteiger charge is 2.52. The van der Waals surface area contributed by atoms with E-state index in [9.17, 15) is 14.4 Å². The van der Waals surface area contributed by atoms with Gasteiger partial charge in [0.2, 0.25) is 0 Å². The monoisotopic (exact) mass is 349 g/mol. The normalized spacial score (nSPS) is 17.0. The molecule has 1 aliphatic rings. The SMILES string of the molecule is COC(=O)C(CC[C@@H]1CCCN1)(OC(=O)c1ccccc1)C(=O)OC. The van der Waals surface area contributed by atoms with E-state index in [1.54, 1.807) is 30.3 Å². The van der Waals surface area contributed by atoms with E-state index >= 15 is 0 Å². The zero-order chi connectivity index (χ0) is 18.3. The summed E-state index contributed by atoms with van der Waals surface area (Å²) in [6.45, 7) is 0.887. The Balaban J connectivity index is 2.26. The molecule has 1 aliphatic heterocycles. The van der Waals surface area contributed by atoms with Gasteiger partial charge in [-0.05, 0) is 37.9 Å². The van der Waals surface area contributed by atoms with E-state index in [0.717, 1.165) is 33.6 Å². The maximum absolute atomic E-state index is 12.4. The first-order valence-corrected chi connectivity index (χ1v) is 8.22. The van der Waals surface area contributed by atoms with Crippen molar-refractivity contribution < 1.29 is 28.6 Å². The van der Waals surface area contributed by atoms with Crippen molar-refractivity contribution in [3.63, 3.8) is 0 Å². The maximum Gasteiger partial charge on any atom is 0.362 e. The first kappa shape index (κ1) is 18.9. The number of hydrogen-bond acceptors (Lipinski definition) is 7. The van der Waals surface area contributed by atoms with Gasteiger partial charge in [0, 0.05) is 12.5 Å². The number of ether oxygens (including phenoxy) is 3. The van der Waals surface area contributed by atoms with E-state index in [4.69, 9.17) is 14.2 Å². The first-order valence-electron chi connectivity index (χ1n) is 8.22. The molecule has 136 valence electrons.